The van der Waals surface area contributed by atoms with Gasteiger partial charge in [0.25, 0.3) is 0 Å². The third-order valence-corrected chi connectivity index (χ3v) is 2.82. The van der Waals surface area contributed by atoms with Crippen LogP contribution in [-0.4, -0.2) is 46.2 Å². The molecule has 3 amide bonds. The van der Waals surface area contributed by atoms with Crippen molar-refractivity contribution in [3.63, 3.8) is 0 Å². The van der Waals surface area contributed by atoms with Gasteiger partial charge >= 0.3 is 12.0 Å². The first kappa shape index (κ1) is 16.5. The standard InChI is InChI=1S/C12H18N4O5/c1-6(11-7(2)15-21-8(11)3)14-12(20)16(4-9(13)17)5-10(18)19/h6H,4-5H2,1-3H3,(H2,13,17)(H,14,20)(H,18,19). The van der Waals surface area contributed by atoms with Crippen molar-refractivity contribution in [2.45, 2.75) is 26.8 Å². The summed E-state index contributed by atoms with van der Waals surface area (Å²) in [6.07, 6.45) is 0. The molecule has 1 rings (SSSR count). The summed E-state index contributed by atoms with van der Waals surface area (Å²) in [7, 11) is 0. The minimum atomic E-state index is -1.24. The summed E-state index contributed by atoms with van der Waals surface area (Å²) in [6.45, 7) is 4.03. The Kier molecular flexibility index (Phi) is 5.28. The summed E-state index contributed by atoms with van der Waals surface area (Å²) in [5.74, 6) is -1.48. The molecule has 0 fully saturated rings. The number of aromatic nitrogens is 1. The summed E-state index contributed by atoms with van der Waals surface area (Å²) >= 11 is 0. The molecule has 21 heavy (non-hydrogen) atoms. The molecular formula is C12H18N4O5. The topological polar surface area (TPSA) is 139 Å². The summed E-state index contributed by atoms with van der Waals surface area (Å²) < 4.78 is 5.00. The number of primary amides is 1. The number of rotatable bonds is 6. The molecular weight excluding hydrogens is 280 g/mol. The molecule has 0 aliphatic heterocycles. The zero-order chi connectivity index (χ0) is 16.2. The lowest BCUT2D eigenvalue weighted by Crippen LogP contribution is -2.47. The van der Waals surface area contributed by atoms with Crippen LogP contribution in [-0.2, 0) is 9.59 Å². The quantitative estimate of drug-likeness (QED) is 0.672. The highest BCUT2D eigenvalue weighted by Crippen LogP contribution is 2.20. The van der Waals surface area contributed by atoms with Gasteiger partial charge in [-0.1, -0.05) is 5.16 Å². The van der Waals surface area contributed by atoms with E-state index >= 15 is 0 Å². The monoisotopic (exact) mass is 298 g/mol. The van der Waals surface area contributed by atoms with Gasteiger partial charge < -0.3 is 25.6 Å². The number of carbonyl (C=O) groups excluding carboxylic acids is 2. The number of nitrogens with one attached hydrogen (secondary N) is 1. The van der Waals surface area contributed by atoms with Gasteiger partial charge in [-0.25, -0.2) is 4.79 Å². The second-order valence-electron chi connectivity index (χ2n) is 4.63. The molecule has 1 heterocycles. The Balaban J connectivity index is 2.81. The Morgan fingerprint density at radius 3 is 2.43 bits per heavy atom. The van der Waals surface area contributed by atoms with Gasteiger partial charge in [-0.05, 0) is 20.8 Å². The number of hydrogen-bond acceptors (Lipinski definition) is 5. The average molecular weight is 298 g/mol. The SMILES string of the molecule is Cc1noc(C)c1C(C)NC(=O)N(CC(N)=O)CC(=O)O. The highest BCUT2D eigenvalue weighted by atomic mass is 16.5. The van der Waals surface area contributed by atoms with E-state index in [4.69, 9.17) is 15.4 Å². The number of carboxylic acid groups (broad SMARTS) is 1. The van der Waals surface area contributed by atoms with Crippen molar-refractivity contribution >= 4 is 17.9 Å². The molecule has 1 unspecified atom stereocenters. The van der Waals surface area contributed by atoms with E-state index in [0.717, 1.165) is 4.90 Å². The molecule has 0 spiro atoms. The first-order chi connectivity index (χ1) is 9.72. The van der Waals surface area contributed by atoms with Crippen LogP contribution in [0.5, 0.6) is 0 Å². The van der Waals surface area contributed by atoms with Crippen molar-refractivity contribution in [3.05, 3.63) is 17.0 Å². The number of amides is 3. The number of nitrogens with zero attached hydrogens (tertiary/aromatic N) is 2. The van der Waals surface area contributed by atoms with E-state index in [-0.39, 0.29) is 0 Å². The molecule has 116 valence electrons. The predicted molar refractivity (Wildman–Crippen MR) is 71.3 cm³/mol. The van der Waals surface area contributed by atoms with Crippen molar-refractivity contribution in [2.24, 2.45) is 5.73 Å². The molecule has 9 heteroatoms. The Bertz CT molecular complexity index is 518. The molecule has 1 aromatic heterocycles. The second kappa shape index (κ2) is 6.73. The molecule has 1 atom stereocenters. The largest absolute Gasteiger partial charge is 0.480 e. The molecule has 0 radical (unpaired) electrons. The van der Waals surface area contributed by atoms with Gasteiger partial charge in [0, 0.05) is 5.56 Å². The van der Waals surface area contributed by atoms with E-state index < -0.39 is 37.0 Å². The minimum Gasteiger partial charge on any atom is -0.480 e. The molecule has 0 aliphatic rings. The number of urea groups is 1. The zero-order valence-corrected chi connectivity index (χ0v) is 12.0. The molecule has 0 aromatic carbocycles. The summed E-state index contributed by atoms with van der Waals surface area (Å²) in [5, 5.41) is 15.1. The third kappa shape index (κ3) is 4.48. The van der Waals surface area contributed by atoms with Gasteiger partial charge in [0.15, 0.2) is 0 Å². The number of hydrogen-bond donors (Lipinski definition) is 3. The fraction of sp³-hybridized carbons (Fsp3) is 0.500. The lowest BCUT2D eigenvalue weighted by Gasteiger charge is -2.22. The maximum atomic E-state index is 12.0. The number of carboxylic acids is 1. The summed E-state index contributed by atoms with van der Waals surface area (Å²) in [5.41, 5.74) is 6.33. The number of aliphatic carboxylic acids is 1. The van der Waals surface area contributed by atoms with Crippen LogP contribution in [0.1, 0.15) is 30.0 Å². The maximum Gasteiger partial charge on any atom is 0.323 e. The van der Waals surface area contributed by atoms with Crippen LogP contribution in [0.25, 0.3) is 0 Å². The van der Waals surface area contributed by atoms with Crippen molar-refractivity contribution < 1.29 is 24.0 Å². The van der Waals surface area contributed by atoms with E-state index in [0.29, 0.717) is 17.0 Å². The van der Waals surface area contributed by atoms with Crippen LogP contribution in [0.3, 0.4) is 0 Å². The highest BCUT2D eigenvalue weighted by Gasteiger charge is 2.23. The van der Waals surface area contributed by atoms with Gasteiger partial charge in [0.05, 0.1) is 11.7 Å². The van der Waals surface area contributed by atoms with Gasteiger partial charge in [0.1, 0.15) is 18.8 Å². The van der Waals surface area contributed by atoms with E-state index in [1.165, 1.54) is 0 Å². The van der Waals surface area contributed by atoms with Gasteiger partial charge in [-0.15, -0.1) is 0 Å². The number of carbonyl (C=O) groups is 3. The van der Waals surface area contributed by atoms with Crippen molar-refractivity contribution in [1.29, 1.82) is 0 Å². The first-order valence-corrected chi connectivity index (χ1v) is 6.20. The molecule has 0 aliphatic carbocycles. The van der Waals surface area contributed by atoms with E-state index in [1.54, 1.807) is 20.8 Å². The van der Waals surface area contributed by atoms with Crippen LogP contribution in [0.4, 0.5) is 4.79 Å². The Hall–Kier alpha value is -2.58. The average Bonchev–Trinajstić information content (AvgIpc) is 2.66. The van der Waals surface area contributed by atoms with Crippen LogP contribution in [0.15, 0.2) is 4.52 Å². The van der Waals surface area contributed by atoms with E-state index in [9.17, 15) is 14.4 Å². The van der Waals surface area contributed by atoms with Crippen molar-refractivity contribution in [2.75, 3.05) is 13.1 Å². The first-order valence-electron chi connectivity index (χ1n) is 6.20. The van der Waals surface area contributed by atoms with Crippen molar-refractivity contribution in [1.82, 2.24) is 15.4 Å². The van der Waals surface area contributed by atoms with Gasteiger partial charge in [-0.2, -0.15) is 0 Å². The fourth-order valence-corrected chi connectivity index (χ4v) is 2.01. The van der Waals surface area contributed by atoms with Crippen LogP contribution in [0, 0.1) is 13.8 Å². The Labute approximate surface area is 121 Å². The Morgan fingerprint density at radius 1 is 1.38 bits per heavy atom. The molecule has 0 bridgehead atoms. The molecule has 4 N–H and O–H groups in total. The number of aryl methyl sites for hydroxylation is 2. The fourth-order valence-electron chi connectivity index (χ4n) is 2.01. The molecule has 9 nitrogen and oxygen atoms in total. The zero-order valence-electron chi connectivity index (χ0n) is 12.0. The smallest absolute Gasteiger partial charge is 0.323 e. The van der Waals surface area contributed by atoms with Crippen LogP contribution in [0.2, 0.25) is 0 Å². The lowest BCUT2D eigenvalue weighted by molar-refractivity contribution is -0.137. The molecule has 1 aromatic rings. The summed E-state index contributed by atoms with van der Waals surface area (Å²) in [6, 6.07) is -1.16. The molecule has 0 saturated carbocycles. The minimum absolute atomic E-state index is 0.451. The lowest BCUT2D eigenvalue weighted by atomic mass is 10.1. The number of nitrogens with two attached hydrogens (primary N) is 1. The predicted octanol–water partition coefficient (Wildman–Crippen LogP) is -0.0661. The third-order valence-electron chi connectivity index (χ3n) is 2.82. The normalized spacial score (nSPS) is 11.8. The summed E-state index contributed by atoms with van der Waals surface area (Å²) in [4.78, 5) is 34.5. The van der Waals surface area contributed by atoms with Crippen molar-refractivity contribution in [3.8, 4) is 0 Å². The highest BCUT2D eigenvalue weighted by molar-refractivity contribution is 5.86. The van der Waals surface area contributed by atoms with E-state index in [2.05, 4.69) is 10.5 Å². The van der Waals surface area contributed by atoms with Gasteiger partial charge in [-0.3, -0.25) is 9.59 Å². The molecule has 0 saturated heterocycles. The van der Waals surface area contributed by atoms with E-state index in [1.807, 2.05) is 0 Å². The second-order valence-corrected chi connectivity index (χ2v) is 4.63. The maximum absolute atomic E-state index is 12.0. The van der Waals surface area contributed by atoms with Crippen LogP contribution < -0.4 is 11.1 Å². The van der Waals surface area contributed by atoms with Gasteiger partial charge in [0.2, 0.25) is 5.91 Å². The van der Waals surface area contributed by atoms with Crippen LogP contribution >= 0.6 is 0 Å². The Morgan fingerprint density at radius 2 is 2.00 bits per heavy atom.